The maximum absolute atomic E-state index is 10.6. The molecule has 0 aliphatic heterocycles. The third-order valence-corrected chi connectivity index (χ3v) is 1.17. The van der Waals surface area contributed by atoms with Crippen molar-refractivity contribution in [2.45, 2.75) is 26.3 Å². The molecule has 0 fully saturated rings. The summed E-state index contributed by atoms with van der Waals surface area (Å²) in [6.07, 6.45) is 1.16. The topological polar surface area (TPSA) is 38.3 Å². The van der Waals surface area contributed by atoms with Gasteiger partial charge in [0.15, 0.2) is 0 Å². The minimum Gasteiger partial charge on any atom is -0.461 e. The highest BCUT2D eigenvalue weighted by Gasteiger charge is 2.07. The standard InChI is InChI=1S/C9H17NO2.ClH/c1-5-8(11)12-7-6-10-9(2,3)4;/h5,10H,1,6-7H2,2-4H3;1H. The maximum atomic E-state index is 10.6. The first kappa shape index (κ1) is 15.0. The van der Waals surface area contributed by atoms with Crippen LogP contribution in [0.4, 0.5) is 0 Å². The SMILES string of the molecule is C=CC(=O)OCCNC(C)(C)C.Cl. The fraction of sp³-hybridized carbons (Fsp3) is 0.667. The van der Waals surface area contributed by atoms with Gasteiger partial charge in [0.2, 0.25) is 0 Å². The van der Waals surface area contributed by atoms with Gasteiger partial charge < -0.3 is 10.1 Å². The molecule has 0 atom stereocenters. The van der Waals surface area contributed by atoms with Crippen molar-refractivity contribution in [1.29, 1.82) is 0 Å². The van der Waals surface area contributed by atoms with E-state index in [0.29, 0.717) is 13.2 Å². The van der Waals surface area contributed by atoms with E-state index in [0.717, 1.165) is 6.08 Å². The van der Waals surface area contributed by atoms with E-state index in [-0.39, 0.29) is 23.9 Å². The van der Waals surface area contributed by atoms with E-state index in [1.54, 1.807) is 0 Å². The van der Waals surface area contributed by atoms with Gasteiger partial charge in [-0.2, -0.15) is 0 Å². The van der Waals surface area contributed by atoms with Crippen LogP contribution in [-0.4, -0.2) is 24.7 Å². The Labute approximate surface area is 85.9 Å². The van der Waals surface area contributed by atoms with Gasteiger partial charge in [-0.1, -0.05) is 6.58 Å². The minimum atomic E-state index is -0.370. The van der Waals surface area contributed by atoms with E-state index < -0.39 is 0 Å². The number of rotatable bonds is 4. The maximum Gasteiger partial charge on any atom is 0.330 e. The summed E-state index contributed by atoms with van der Waals surface area (Å²) < 4.78 is 4.77. The molecule has 0 aromatic heterocycles. The van der Waals surface area contributed by atoms with Crippen LogP contribution < -0.4 is 5.32 Å². The molecule has 13 heavy (non-hydrogen) atoms. The molecule has 0 radical (unpaired) electrons. The minimum absolute atomic E-state index is 0. The van der Waals surface area contributed by atoms with Gasteiger partial charge >= 0.3 is 5.97 Å². The average molecular weight is 208 g/mol. The third-order valence-electron chi connectivity index (χ3n) is 1.17. The van der Waals surface area contributed by atoms with Crippen LogP contribution in [0.5, 0.6) is 0 Å². The Hall–Kier alpha value is -0.540. The molecule has 3 nitrogen and oxygen atoms in total. The van der Waals surface area contributed by atoms with Gasteiger partial charge in [0.05, 0.1) is 0 Å². The molecule has 0 spiro atoms. The first-order valence-corrected chi connectivity index (χ1v) is 4.00. The summed E-state index contributed by atoms with van der Waals surface area (Å²) in [5.41, 5.74) is 0.0700. The summed E-state index contributed by atoms with van der Waals surface area (Å²) in [5, 5.41) is 3.19. The number of halogens is 1. The van der Waals surface area contributed by atoms with Crippen LogP contribution in [0.15, 0.2) is 12.7 Å². The van der Waals surface area contributed by atoms with Crippen molar-refractivity contribution in [2.24, 2.45) is 0 Å². The van der Waals surface area contributed by atoms with Gasteiger partial charge in [0.25, 0.3) is 0 Å². The second-order valence-corrected chi connectivity index (χ2v) is 3.55. The molecule has 0 rings (SSSR count). The Balaban J connectivity index is 0. The van der Waals surface area contributed by atoms with Gasteiger partial charge in [-0.25, -0.2) is 4.79 Å². The lowest BCUT2D eigenvalue weighted by Crippen LogP contribution is -2.38. The summed E-state index contributed by atoms with van der Waals surface area (Å²) in [7, 11) is 0. The van der Waals surface area contributed by atoms with Crippen LogP contribution in [0.3, 0.4) is 0 Å². The summed E-state index contributed by atoms with van der Waals surface area (Å²) in [4.78, 5) is 10.6. The summed E-state index contributed by atoms with van der Waals surface area (Å²) in [5.74, 6) is -0.370. The van der Waals surface area contributed by atoms with E-state index in [1.807, 2.05) is 0 Å². The van der Waals surface area contributed by atoms with Crippen LogP contribution in [0.1, 0.15) is 20.8 Å². The molecule has 0 unspecified atom stereocenters. The summed E-state index contributed by atoms with van der Waals surface area (Å²) in [6.45, 7) is 10.5. The molecule has 0 aliphatic carbocycles. The van der Waals surface area contributed by atoms with Crippen LogP contribution in [0, 0.1) is 0 Å². The highest BCUT2D eigenvalue weighted by atomic mass is 35.5. The zero-order valence-electron chi connectivity index (χ0n) is 8.42. The number of esters is 1. The number of hydrogen-bond acceptors (Lipinski definition) is 3. The first-order chi connectivity index (χ1) is 5.45. The van der Waals surface area contributed by atoms with Crippen LogP contribution in [0.25, 0.3) is 0 Å². The summed E-state index contributed by atoms with van der Waals surface area (Å²) >= 11 is 0. The second-order valence-electron chi connectivity index (χ2n) is 3.55. The Morgan fingerprint density at radius 3 is 2.46 bits per heavy atom. The summed E-state index contributed by atoms with van der Waals surface area (Å²) in [6, 6.07) is 0. The van der Waals surface area contributed by atoms with Crippen molar-refractivity contribution in [3.8, 4) is 0 Å². The fourth-order valence-electron chi connectivity index (χ4n) is 0.637. The van der Waals surface area contributed by atoms with Crippen molar-refractivity contribution < 1.29 is 9.53 Å². The van der Waals surface area contributed by atoms with Crippen LogP contribution in [0.2, 0.25) is 0 Å². The molecule has 0 heterocycles. The van der Waals surface area contributed by atoms with E-state index in [4.69, 9.17) is 4.74 Å². The molecule has 1 N–H and O–H groups in total. The third kappa shape index (κ3) is 11.5. The predicted octanol–water partition coefficient (Wildman–Crippen LogP) is 1.53. The predicted molar refractivity (Wildman–Crippen MR) is 56.2 cm³/mol. The molecule has 0 aromatic rings. The zero-order valence-corrected chi connectivity index (χ0v) is 9.24. The van der Waals surface area contributed by atoms with E-state index in [9.17, 15) is 4.79 Å². The van der Waals surface area contributed by atoms with Crippen molar-refractivity contribution in [2.75, 3.05) is 13.2 Å². The molecule has 0 saturated heterocycles. The normalized spacial score (nSPS) is 10.1. The van der Waals surface area contributed by atoms with Crippen molar-refractivity contribution in [1.82, 2.24) is 5.32 Å². The number of ether oxygens (including phenoxy) is 1. The lowest BCUT2D eigenvalue weighted by Gasteiger charge is -2.19. The van der Waals surface area contributed by atoms with E-state index in [1.165, 1.54) is 0 Å². The zero-order chi connectivity index (χ0) is 9.61. The van der Waals surface area contributed by atoms with Gasteiger partial charge in [-0.3, -0.25) is 0 Å². The van der Waals surface area contributed by atoms with Crippen molar-refractivity contribution >= 4 is 18.4 Å². The molecule has 0 bridgehead atoms. The molecule has 78 valence electrons. The Kier molecular flexibility index (Phi) is 7.96. The largest absolute Gasteiger partial charge is 0.461 e. The first-order valence-electron chi connectivity index (χ1n) is 4.00. The number of carbonyl (C=O) groups excluding carboxylic acids is 1. The van der Waals surface area contributed by atoms with Gasteiger partial charge in [0.1, 0.15) is 6.61 Å². The van der Waals surface area contributed by atoms with Crippen LogP contribution in [-0.2, 0) is 9.53 Å². The number of hydrogen-bond donors (Lipinski definition) is 1. The Bertz CT molecular complexity index is 163. The molecular weight excluding hydrogens is 190 g/mol. The highest BCUT2D eigenvalue weighted by molar-refractivity contribution is 5.85. The van der Waals surface area contributed by atoms with Crippen LogP contribution >= 0.6 is 12.4 Å². The molecule has 4 heteroatoms. The molecule has 0 aromatic carbocycles. The second kappa shape index (κ2) is 6.92. The smallest absolute Gasteiger partial charge is 0.330 e. The van der Waals surface area contributed by atoms with Gasteiger partial charge in [-0.15, -0.1) is 12.4 Å². The molecule has 0 aliphatic rings. The lowest BCUT2D eigenvalue weighted by molar-refractivity contribution is -0.137. The highest BCUT2D eigenvalue weighted by Crippen LogP contribution is 1.96. The Morgan fingerprint density at radius 1 is 1.54 bits per heavy atom. The van der Waals surface area contributed by atoms with Gasteiger partial charge in [-0.05, 0) is 20.8 Å². The number of nitrogens with one attached hydrogen (secondary N) is 1. The van der Waals surface area contributed by atoms with Crippen molar-refractivity contribution in [3.05, 3.63) is 12.7 Å². The van der Waals surface area contributed by atoms with Gasteiger partial charge in [0, 0.05) is 18.2 Å². The van der Waals surface area contributed by atoms with E-state index in [2.05, 4.69) is 32.7 Å². The van der Waals surface area contributed by atoms with E-state index >= 15 is 0 Å². The number of carbonyl (C=O) groups is 1. The van der Waals surface area contributed by atoms with Crippen molar-refractivity contribution in [3.63, 3.8) is 0 Å². The lowest BCUT2D eigenvalue weighted by atomic mass is 10.1. The Morgan fingerprint density at radius 2 is 2.08 bits per heavy atom. The molecule has 0 amide bonds. The quantitative estimate of drug-likeness (QED) is 0.432. The average Bonchev–Trinajstić information content (AvgIpc) is 1.96. The fourth-order valence-corrected chi connectivity index (χ4v) is 0.637. The monoisotopic (exact) mass is 207 g/mol. The molecule has 0 saturated carbocycles. The molecular formula is C9H18ClNO2.